The molecule has 2 aromatic rings. The largest absolute Gasteiger partial charge is 0.484 e. The van der Waals surface area contributed by atoms with Gasteiger partial charge in [-0.15, -0.1) is 11.3 Å². The average molecular weight is 453 g/mol. The third-order valence-electron chi connectivity index (χ3n) is 4.91. The van der Waals surface area contributed by atoms with Crippen LogP contribution >= 0.6 is 11.3 Å². The van der Waals surface area contributed by atoms with Crippen LogP contribution in [0.25, 0.3) is 0 Å². The Labute approximate surface area is 186 Å². The smallest absolute Gasteiger partial charge is 0.344 e. The van der Waals surface area contributed by atoms with E-state index in [1.165, 1.54) is 23.5 Å². The minimum absolute atomic E-state index is 0.0107. The summed E-state index contributed by atoms with van der Waals surface area (Å²) in [6, 6.07) is 7.82. The molecular formula is C23H29FO6S. The molecule has 0 radical (unpaired) electrons. The lowest BCUT2D eigenvalue weighted by molar-refractivity contribution is -0.269. The maximum Gasteiger partial charge on any atom is 0.344 e. The monoisotopic (exact) mass is 452 g/mol. The molecule has 1 unspecified atom stereocenters. The predicted molar refractivity (Wildman–Crippen MR) is 115 cm³/mol. The summed E-state index contributed by atoms with van der Waals surface area (Å²) in [5.74, 6) is -0.371. The van der Waals surface area contributed by atoms with Crippen molar-refractivity contribution in [3.05, 3.63) is 46.9 Å². The first kappa shape index (κ1) is 23.5. The van der Waals surface area contributed by atoms with E-state index in [4.69, 9.17) is 23.7 Å². The van der Waals surface area contributed by atoms with Crippen LogP contribution in [0.3, 0.4) is 0 Å². The Balaban J connectivity index is 1.67. The van der Waals surface area contributed by atoms with Crippen LogP contribution in [0.2, 0.25) is 0 Å². The lowest BCUT2D eigenvalue weighted by Gasteiger charge is -2.39. The number of halogens is 1. The highest BCUT2D eigenvalue weighted by atomic mass is 32.1. The first-order chi connectivity index (χ1) is 15.1. The second kappa shape index (κ2) is 12.0. The summed E-state index contributed by atoms with van der Waals surface area (Å²) >= 11 is 1.53. The van der Waals surface area contributed by atoms with Crippen molar-refractivity contribution in [2.24, 2.45) is 0 Å². The number of para-hydroxylation sites is 1. The second-order valence-corrected chi connectivity index (χ2v) is 8.06. The summed E-state index contributed by atoms with van der Waals surface area (Å²) in [5, 5.41) is 3.83. The summed E-state index contributed by atoms with van der Waals surface area (Å²) in [7, 11) is 0. The average Bonchev–Trinajstić information content (AvgIpc) is 3.29. The standard InChI is InChI=1S/C23H29FO6S/c1-3-5-9-19(29-21(25)14-26-18-10-7-6-8-17(18)24)23-20(13-27-22(4-2)30-23)28-16-11-12-31-15-16/h6-8,10-12,15,19-20,22-23H,3-5,9,13-14H2,1-2H3/t19?,20-,22+,23-/m1/s1. The minimum Gasteiger partial charge on any atom is -0.484 e. The van der Waals surface area contributed by atoms with E-state index < -0.39 is 30.1 Å². The topological polar surface area (TPSA) is 63.2 Å². The van der Waals surface area contributed by atoms with Gasteiger partial charge in [0.25, 0.3) is 0 Å². The third kappa shape index (κ3) is 6.92. The number of carbonyl (C=O) groups is 1. The minimum atomic E-state index is -0.582. The highest BCUT2D eigenvalue weighted by Crippen LogP contribution is 2.28. The molecule has 8 heteroatoms. The molecule has 0 amide bonds. The van der Waals surface area contributed by atoms with E-state index in [-0.39, 0.29) is 18.6 Å². The van der Waals surface area contributed by atoms with Gasteiger partial charge in [-0.2, -0.15) is 0 Å². The first-order valence-electron chi connectivity index (χ1n) is 10.6. The molecular weight excluding hydrogens is 423 g/mol. The van der Waals surface area contributed by atoms with E-state index in [0.717, 1.165) is 18.6 Å². The van der Waals surface area contributed by atoms with Crippen molar-refractivity contribution in [3.8, 4) is 11.5 Å². The van der Waals surface area contributed by atoms with Crippen LogP contribution in [0, 0.1) is 5.82 Å². The molecule has 0 N–H and O–H groups in total. The molecule has 1 aliphatic heterocycles. The highest BCUT2D eigenvalue weighted by Gasteiger charge is 2.40. The van der Waals surface area contributed by atoms with E-state index in [1.54, 1.807) is 12.1 Å². The van der Waals surface area contributed by atoms with Gasteiger partial charge >= 0.3 is 5.97 Å². The van der Waals surface area contributed by atoms with Crippen LogP contribution in [0.15, 0.2) is 41.1 Å². The van der Waals surface area contributed by atoms with Crippen molar-refractivity contribution in [2.75, 3.05) is 13.2 Å². The molecule has 6 nitrogen and oxygen atoms in total. The Kier molecular flexibility index (Phi) is 9.12. The Morgan fingerprint density at radius 3 is 2.84 bits per heavy atom. The Hall–Kier alpha value is -2.16. The molecule has 1 aromatic heterocycles. The lowest BCUT2D eigenvalue weighted by Crippen LogP contribution is -2.53. The van der Waals surface area contributed by atoms with Gasteiger partial charge in [-0.25, -0.2) is 9.18 Å². The van der Waals surface area contributed by atoms with E-state index >= 15 is 0 Å². The number of benzene rings is 1. The van der Waals surface area contributed by atoms with Crippen molar-refractivity contribution in [3.63, 3.8) is 0 Å². The van der Waals surface area contributed by atoms with E-state index in [9.17, 15) is 9.18 Å². The number of hydrogen-bond donors (Lipinski definition) is 0. The van der Waals surface area contributed by atoms with Gasteiger partial charge in [0.1, 0.15) is 18.0 Å². The summed E-state index contributed by atoms with van der Waals surface area (Å²) in [6.45, 7) is 3.99. The van der Waals surface area contributed by atoms with Gasteiger partial charge in [0.15, 0.2) is 30.6 Å². The number of esters is 1. The molecule has 0 bridgehead atoms. The number of unbranched alkanes of at least 4 members (excludes halogenated alkanes) is 1. The molecule has 1 fully saturated rings. The van der Waals surface area contributed by atoms with Gasteiger partial charge in [-0.3, -0.25) is 0 Å². The number of ether oxygens (including phenoxy) is 5. The molecule has 2 heterocycles. The normalized spacial score (nSPS) is 22.0. The quantitative estimate of drug-likeness (QED) is 0.449. The molecule has 1 aromatic carbocycles. The van der Waals surface area contributed by atoms with Crippen molar-refractivity contribution >= 4 is 17.3 Å². The Morgan fingerprint density at radius 1 is 1.29 bits per heavy atom. The van der Waals surface area contributed by atoms with Gasteiger partial charge < -0.3 is 23.7 Å². The summed E-state index contributed by atoms with van der Waals surface area (Å²) in [4.78, 5) is 12.5. The molecule has 0 spiro atoms. The zero-order valence-electron chi connectivity index (χ0n) is 17.8. The van der Waals surface area contributed by atoms with Crippen LogP contribution in [-0.2, 0) is 19.0 Å². The molecule has 4 atom stereocenters. The fourth-order valence-corrected chi connectivity index (χ4v) is 3.89. The number of carbonyl (C=O) groups excluding carboxylic acids is 1. The van der Waals surface area contributed by atoms with E-state index in [2.05, 4.69) is 6.92 Å². The van der Waals surface area contributed by atoms with Gasteiger partial charge in [-0.05, 0) is 42.8 Å². The molecule has 3 rings (SSSR count). The summed E-state index contributed by atoms with van der Waals surface area (Å²) in [6.07, 6.45) is 1.27. The van der Waals surface area contributed by atoms with Gasteiger partial charge in [0.05, 0.1) is 6.61 Å². The molecule has 31 heavy (non-hydrogen) atoms. The number of thiophene rings is 1. The van der Waals surface area contributed by atoms with E-state index in [0.29, 0.717) is 19.4 Å². The van der Waals surface area contributed by atoms with Gasteiger partial charge in [0, 0.05) is 5.38 Å². The SMILES string of the molecule is CCCCC(OC(=O)COc1ccccc1F)[C@H]1O[C@@H](CC)OC[C@H]1Oc1ccsc1. The Morgan fingerprint density at radius 2 is 2.13 bits per heavy atom. The maximum atomic E-state index is 13.7. The Bertz CT molecular complexity index is 799. The van der Waals surface area contributed by atoms with Crippen LogP contribution in [-0.4, -0.2) is 43.8 Å². The predicted octanol–water partition coefficient (Wildman–Crippen LogP) is 4.97. The lowest BCUT2D eigenvalue weighted by atomic mass is 10.0. The number of rotatable bonds is 11. The zero-order chi connectivity index (χ0) is 22.1. The van der Waals surface area contributed by atoms with Crippen molar-refractivity contribution in [1.82, 2.24) is 0 Å². The van der Waals surface area contributed by atoms with E-state index in [1.807, 2.05) is 23.8 Å². The van der Waals surface area contributed by atoms with Crippen molar-refractivity contribution < 1.29 is 32.9 Å². The third-order valence-corrected chi connectivity index (χ3v) is 5.57. The van der Waals surface area contributed by atoms with Gasteiger partial charge in [0.2, 0.25) is 0 Å². The summed E-state index contributed by atoms with van der Waals surface area (Å²) < 4.78 is 42.7. The molecule has 1 saturated heterocycles. The fourth-order valence-electron chi connectivity index (χ4n) is 3.33. The van der Waals surface area contributed by atoms with Gasteiger partial charge in [-0.1, -0.05) is 32.4 Å². The molecule has 1 aliphatic rings. The molecule has 0 aliphatic carbocycles. The van der Waals surface area contributed by atoms with Crippen molar-refractivity contribution in [1.29, 1.82) is 0 Å². The van der Waals surface area contributed by atoms with Crippen LogP contribution in [0.5, 0.6) is 11.5 Å². The first-order valence-corrected chi connectivity index (χ1v) is 11.6. The second-order valence-electron chi connectivity index (χ2n) is 7.28. The van der Waals surface area contributed by atoms with Crippen molar-refractivity contribution in [2.45, 2.75) is 64.1 Å². The summed E-state index contributed by atoms with van der Waals surface area (Å²) in [5.41, 5.74) is 0. The van der Waals surface area contributed by atoms with Crippen LogP contribution < -0.4 is 9.47 Å². The van der Waals surface area contributed by atoms with Crippen LogP contribution in [0.1, 0.15) is 39.5 Å². The fraction of sp³-hybridized carbons (Fsp3) is 0.522. The molecule has 0 saturated carbocycles. The number of hydrogen-bond acceptors (Lipinski definition) is 7. The maximum absolute atomic E-state index is 13.7. The molecule has 170 valence electrons. The van der Waals surface area contributed by atoms with Crippen LogP contribution in [0.4, 0.5) is 4.39 Å². The highest BCUT2D eigenvalue weighted by molar-refractivity contribution is 7.08. The zero-order valence-corrected chi connectivity index (χ0v) is 18.6.